The lowest BCUT2D eigenvalue weighted by Crippen LogP contribution is -2.25. The minimum atomic E-state index is -0.307. The maximum atomic E-state index is 12.3. The number of carbonyl (C=O) groups excluding carboxylic acids is 1. The molecule has 0 bridgehead atoms. The SMILES string of the molecule is CC(O)CNCCCCOc1ccc(C(=O)c2ccccc2)cc1. The van der Waals surface area contributed by atoms with E-state index in [2.05, 4.69) is 5.32 Å². The summed E-state index contributed by atoms with van der Waals surface area (Å²) in [4.78, 5) is 12.3. The quantitative estimate of drug-likeness (QED) is 0.520. The number of benzene rings is 2. The minimum Gasteiger partial charge on any atom is -0.494 e. The van der Waals surface area contributed by atoms with Gasteiger partial charge in [0.2, 0.25) is 0 Å². The van der Waals surface area contributed by atoms with Crippen LogP contribution in [0.5, 0.6) is 5.75 Å². The molecule has 2 rings (SSSR count). The Morgan fingerprint density at radius 2 is 1.71 bits per heavy atom. The molecule has 0 spiro atoms. The lowest BCUT2D eigenvalue weighted by atomic mass is 10.0. The molecule has 0 amide bonds. The summed E-state index contributed by atoms with van der Waals surface area (Å²) in [6.45, 7) is 3.90. The van der Waals surface area contributed by atoms with E-state index in [1.165, 1.54) is 0 Å². The van der Waals surface area contributed by atoms with Gasteiger partial charge in [-0.25, -0.2) is 0 Å². The molecule has 4 nitrogen and oxygen atoms in total. The highest BCUT2D eigenvalue weighted by atomic mass is 16.5. The molecule has 0 aliphatic heterocycles. The van der Waals surface area contributed by atoms with E-state index in [9.17, 15) is 4.79 Å². The average Bonchev–Trinajstić information content (AvgIpc) is 2.61. The van der Waals surface area contributed by atoms with Gasteiger partial charge in [-0.15, -0.1) is 0 Å². The van der Waals surface area contributed by atoms with Crippen molar-refractivity contribution in [3.8, 4) is 5.75 Å². The highest BCUT2D eigenvalue weighted by molar-refractivity contribution is 6.08. The maximum Gasteiger partial charge on any atom is 0.193 e. The molecular weight excluding hydrogens is 302 g/mol. The number of ketones is 1. The van der Waals surface area contributed by atoms with E-state index in [-0.39, 0.29) is 11.9 Å². The van der Waals surface area contributed by atoms with Crippen LogP contribution in [0.2, 0.25) is 0 Å². The Kier molecular flexibility index (Phi) is 7.46. The third kappa shape index (κ3) is 6.14. The van der Waals surface area contributed by atoms with Gasteiger partial charge >= 0.3 is 0 Å². The molecule has 0 aliphatic carbocycles. The van der Waals surface area contributed by atoms with Crippen LogP contribution in [0.15, 0.2) is 54.6 Å². The van der Waals surface area contributed by atoms with Crippen LogP contribution in [0.25, 0.3) is 0 Å². The first kappa shape index (κ1) is 18.2. The molecule has 0 heterocycles. The van der Waals surface area contributed by atoms with Crippen LogP contribution in [0.3, 0.4) is 0 Å². The Bertz CT molecular complexity index is 609. The van der Waals surface area contributed by atoms with Crippen LogP contribution in [0, 0.1) is 0 Å². The Morgan fingerprint density at radius 1 is 1.04 bits per heavy atom. The summed E-state index contributed by atoms with van der Waals surface area (Å²) in [5.74, 6) is 0.794. The number of unbranched alkanes of at least 4 members (excludes halogenated alkanes) is 1. The molecule has 1 unspecified atom stereocenters. The number of ether oxygens (including phenoxy) is 1. The van der Waals surface area contributed by atoms with Crippen molar-refractivity contribution in [3.05, 3.63) is 65.7 Å². The van der Waals surface area contributed by atoms with Gasteiger partial charge in [0.1, 0.15) is 5.75 Å². The van der Waals surface area contributed by atoms with Crippen molar-refractivity contribution in [2.45, 2.75) is 25.9 Å². The zero-order chi connectivity index (χ0) is 17.2. The van der Waals surface area contributed by atoms with Crippen molar-refractivity contribution >= 4 is 5.78 Å². The second kappa shape index (κ2) is 9.85. The molecule has 0 saturated carbocycles. The Labute approximate surface area is 143 Å². The van der Waals surface area contributed by atoms with Gasteiger partial charge in [0.15, 0.2) is 5.78 Å². The average molecular weight is 327 g/mol. The normalized spacial score (nSPS) is 11.9. The van der Waals surface area contributed by atoms with Crippen LogP contribution in [0.1, 0.15) is 35.7 Å². The fourth-order valence-corrected chi connectivity index (χ4v) is 2.31. The predicted octanol–water partition coefficient (Wildman–Crippen LogP) is 3.05. The third-order valence-corrected chi connectivity index (χ3v) is 3.61. The highest BCUT2D eigenvalue weighted by Gasteiger charge is 2.08. The molecule has 0 radical (unpaired) electrons. The zero-order valence-electron chi connectivity index (χ0n) is 14.1. The van der Waals surface area contributed by atoms with E-state index in [1.807, 2.05) is 42.5 Å². The number of nitrogens with one attached hydrogen (secondary N) is 1. The topological polar surface area (TPSA) is 58.6 Å². The molecule has 128 valence electrons. The first-order valence-electron chi connectivity index (χ1n) is 8.38. The van der Waals surface area contributed by atoms with Crippen LogP contribution >= 0.6 is 0 Å². The van der Waals surface area contributed by atoms with E-state index in [0.717, 1.165) is 25.1 Å². The third-order valence-electron chi connectivity index (χ3n) is 3.61. The van der Waals surface area contributed by atoms with E-state index in [1.54, 1.807) is 19.1 Å². The molecule has 0 aromatic heterocycles. The second-order valence-corrected chi connectivity index (χ2v) is 5.83. The van der Waals surface area contributed by atoms with Crippen molar-refractivity contribution in [2.75, 3.05) is 19.7 Å². The molecule has 0 saturated heterocycles. The Morgan fingerprint density at radius 3 is 2.38 bits per heavy atom. The van der Waals surface area contributed by atoms with Gasteiger partial charge in [0.05, 0.1) is 12.7 Å². The van der Waals surface area contributed by atoms with E-state index in [4.69, 9.17) is 9.84 Å². The van der Waals surface area contributed by atoms with Crippen LogP contribution in [0.4, 0.5) is 0 Å². The molecule has 0 fully saturated rings. The minimum absolute atomic E-state index is 0.0198. The van der Waals surface area contributed by atoms with Crippen molar-refractivity contribution in [3.63, 3.8) is 0 Å². The number of hydrogen-bond donors (Lipinski definition) is 2. The van der Waals surface area contributed by atoms with E-state index >= 15 is 0 Å². The fourth-order valence-electron chi connectivity index (χ4n) is 2.31. The van der Waals surface area contributed by atoms with Crippen molar-refractivity contribution < 1.29 is 14.6 Å². The van der Waals surface area contributed by atoms with Gasteiger partial charge < -0.3 is 15.2 Å². The van der Waals surface area contributed by atoms with Crippen LogP contribution in [-0.2, 0) is 0 Å². The first-order valence-corrected chi connectivity index (χ1v) is 8.38. The summed E-state index contributed by atoms with van der Waals surface area (Å²) in [6, 6.07) is 16.5. The van der Waals surface area contributed by atoms with Gasteiger partial charge in [-0.2, -0.15) is 0 Å². The first-order chi connectivity index (χ1) is 11.7. The Balaban J connectivity index is 1.71. The number of aliphatic hydroxyl groups is 1. The highest BCUT2D eigenvalue weighted by Crippen LogP contribution is 2.15. The second-order valence-electron chi connectivity index (χ2n) is 5.83. The molecule has 2 aromatic rings. The zero-order valence-corrected chi connectivity index (χ0v) is 14.1. The molecule has 4 heteroatoms. The van der Waals surface area contributed by atoms with Gasteiger partial charge in [-0.05, 0) is 50.6 Å². The molecule has 2 N–H and O–H groups in total. The predicted molar refractivity (Wildman–Crippen MR) is 95.6 cm³/mol. The smallest absolute Gasteiger partial charge is 0.193 e. The molecule has 0 aliphatic rings. The monoisotopic (exact) mass is 327 g/mol. The number of carbonyl (C=O) groups is 1. The molecular formula is C20H25NO3. The summed E-state index contributed by atoms with van der Waals surface area (Å²) >= 11 is 0. The number of hydrogen-bond acceptors (Lipinski definition) is 4. The van der Waals surface area contributed by atoms with Crippen LogP contribution in [-0.4, -0.2) is 36.7 Å². The van der Waals surface area contributed by atoms with Gasteiger partial charge in [-0.3, -0.25) is 4.79 Å². The lowest BCUT2D eigenvalue weighted by molar-refractivity contribution is 0.103. The van der Waals surface area contributed by atoms with Crippen molar-refractivity contribution in [1.29, 1.82) is 0 Å². The summed E-state index contributed by atoms with van der Waals surface area (Å²) in [5.41, 5.74) is 1.35. The van der Waals surface area contributed by atoms with Crippen LogP contribution < -0.4 is 10.1 Å². The Hall–Kier alpha value is -2.17. The fraction of sp³-hybridized carbons (Fsp3) is 0.350. The molecule has 2 aromatic carbocycles. The number of aliphatic hydroxyl groups excluding tert-OH is 1. The maximum absolute atomic E-state index is 12.3. The standard InChI is InChI=1S/C20H25NO3/c1-16(22)15-21-13-5-6-14-24-19-11-9-18(10-12-19)20(23)17-7-3-2-4-8-17/h2-4,7-12,16,21-22H,5-6,13-15H2,1H3. The van der Waals surface area contributed by atoms with Gasteiger partial charge in [0, 0.05) is 17.7 Å². The van der Waals surface area contributed by atoms with E-state index in [0.29, 0.717) is 24.3 Å². The lowest BCUT2D eigenvalue weighted by Gasteiger charge is -2.08. The number of rotatable bonds is 10. The summed E-state index contributed by atoms with van der Waals surface area (Å²) in [7, 11) is 0. The van der Waals surface area contributed by atoms with Gasteiger partial charge in [0.25, 0.3) is 0 Å². The van der Waals surface area contributed by atoms with Crippen molar-refractivity contribution in [2.24, 2.45) is 0 Å². The molecule has 24 heavy (non-hydrogen) atoms. The van der Waals surface area contributed by atoms with E-state index < -0.39 is 0 Å². The molecule has 1 atom stereocenters. The summed E-state index contributed by atoms with van der Waals surface area (Å²) < 4.78 is 5.69. The summed E-state index contributed by atoms with van der Waals surface area (Å²) in [6.07, 6.45) is 1.63. The largest absolute Gasteiger partial charge is 0.494 e. The summed E-state index contributed by atoms with van der Waals surface area (Å²) in [5, 5.41) is 12.3. The van der Waals surface area contributed by atoms with Gasteiger partial charge in [-0.1, -0.05) is 30.3 Å². The van der Waals surface area contributed by atoms with Crippen molar-refractivity contribution in [1.82, 2.24) is 5.32 Å².